The number of aromatic nitrogens is 1. The summed E-state index contributed by atoms with van der Waals surface area (Å²) in [5.74, 6) is -0.988. The van der Waals surface area contributed by atoms with Crippen LogP contribution in [0.1, 0.15) is 23.2 Å². The van der Waals surface area contributed by atoms with Gasteiger partial charge in [0.25, 0.3) is 5.91 Å². The summed E-state index contributed by atoms with van der Waals surface area (Å²) in [6.07, 6.45) is 4.56. The molecule has 114 valence electrons. The summed E-state index contributed by atoms with van der Waals surface area (Å²) in [7, 11) is 0. The third-order valence-electron chi connectivity index (χ3n) is 3.55. The first-order chi connectivity index (χ1) is 10.1. The smallest absolute Gasteiger partial charge is 0.317 e. The maximum atomic E-state index is 12.4. The number of carboxylic acid groups (broad SMARTS) is 1. The Labute approximate surface area is 122 Å². The van der Waals surface area contributed by atoms with E-state index in [0.29, 0.717) is 19.6 Å². The van der Waals surface area contributed by atoms with Gasteiger partial charge in [-0.3, -0.25) is 14.6 Å². The van der Waals surface area contributed by atoms with E-state index in [4.69, 9.17) is 5.11 Å². The van der Waals surface area contributed by atoms with E-state index in [-0.39, 0.29) is 29.7 Å². The SMILES string of the molecule is O=C(O)CNCC1CCCN(C(=O)c2ccncc2O)C1. The summed E-state index contributed by atoms with van der Waals surface area (Å²) in [5.41, 5.74) is 0.254. The molecule has 1 fully saturated rings. The number of pyridine rings is 1. The summed E-state index contributed by atoms with van der Waals surface area (Å²) in [4.78, 5) is 28.3. The van der Waals surface area contributed by atoms with Crippen LogP contribution in [0.25, 0.3) is 0 Å². The van der Waals surface area contributed by atoms with E-state index in [9.17, 15) is 14.7 Å². The minimum atomic E-state index is -0.888. The van der Waals surface area contributed by atoms with Crippen LogP contribution in [-0.4, -0.2) is 58.2 Å². The van der Waals surface area contributed by atoms with Crippen LogP contribution in [0.4, 0.5) is 0 Å². The van der Waals surface area contributed by atoms with Gasteiger partial charge >= 0.3 is 5.97 Å². The normalized spacial score (nSPS) is 18.5. The van der Waals surface area contributed by atoms with Crippen LogP contribution in [0, 0.1) is 5.92 Å². The lowest BCUT2D eigenvalue weighted by Crippen LogP contribution is -2.43. The lowest BCUT2D eigenvalue weighted by molar-refractivity contribution is -0.136. The number of nitrogens with one attached hydrogen (secondary N) is 1. The summed E-state index contributed by atoms with van der Waals surface area (Å²) < 4.78 is 0. The molecule has 2 heterocycles. The lowest BCUT2D eigenvalue weighted by Gasteiger charge is -2.33. The summed E-state index contributed by atoms with van der Waals surface area (Å²) in [5, 5.41) is 21.2. The van der Waals surface area contributed by atoms with Crippen molar-refractivity contribution in [3.8, 4) is 5.75 Å². The molecule has 21 heavy (non-hydrogen) atoms. The van der Waals surface area contributed by atoms with Crippen molar-refractivity contribution in [2.75, 3.05) is 26.2 Å². The molecule has 3 N–H and O–H groups in total. The van der Waals surface area contributed by atoms with Crippen LogP contribution in [-0.2, 0) is 4.79 Å². The van der Waals surface area contributed by atoms with Crippen LogP contribution < -0.4 is 5.32 Å². The Bertz CT molecular complexity index is 521. The molecule has 0 saturated carbocycles. The molecule has 0 spiro atoms. The standard InChI is InChI=1S/C14H19N3O4/c18-12-7-15-4-3-11(12)14(21)17-5-1-2-10(9-17)6-16-8-13(19)20/h3-4,7,10,16,18H,1-2,5-6,8-9H2,(H,19,20). The van der Waals surface area contributed by atoms with Gasteiger partial charge in [0.2, 0.25) is 0 Å². The van der Waals surface area contributed by atoms with Gasteiger partial charge in [0.1, 0.15) is 5.75 Å². The maximum Gasteiger partial charge on any atom is 0.317 e. The number of rotatable bonds is 5. The Hall–Kier alpha value is -2.15. The number of hydrogen-bond acceptors (Lipinski definition) is 5. The van der Waals surface area contributed by atoms with E-state index in [1.54, 1.807) is 4.90 Å². The highest BCUT2D eigenvalue weighted by Gasteiger charge is 2.25. The van der Waals surface area contributed by atoms with Crippen molar-refractivity contribution in [3.63, 3.8) is 0 Å². The van der Waals surface area contributed by atoms with E-state index in [1.807, 2.05) is 0 Å². The molecule has 1 atom stereocenters. The number of carbonyl (C=O) groups is 2. The molecule has 7 nitrogen and oxygen atoms in total. The first-order valence-electron chi connectivity index (χ1n) is 6.92. The maximum absolute atomic E-state index is 12.4. The number of nitrogens with zero attached hydrogens (tertiary/aromatic N) is 2. The molecule has 0 radical (unpaired) electrons. The zero-order valence-electron chi connectivity index (χ0n) is 11.7. The van der Waals surface area contributed by atoms with Crippen molar-refractivity contribution in [3.05, 3.63) is 24.0 Å². The molecule has 1 unspecified atom stereocenters. The number of amides is 1. The van der Waals surface area contributed by atoms with Crippen LogP contribution >= 0.6 is 0 Å². The van der Waals surface area contributed by atoms with Crippen molar-refractivity contribution in [2.45, 2.75) is 12.8 Å². The Morgan fingerprint density at radius 1 is 1.48 bits per heavy atom. The van der Waals surface area contributed by atoms with Crippen LogP contribution in [0.2, 0.25) is 0 Å². The fourth-order valence-corrected chi connectivity index (χ4v) is 2.54. The first kappa shape index (κ1) is 15.2. The van der Waals surface area contributed by atoms with Crippen molar-refractivity contribution >= 4 is 11.9 Å². The highest BCUT2D eigenvalue weighted by Crippen LogP contribution is 2.21. The van der Waals surface area contributed by atoms with E-state index >= 15 is 0 Å². The monoisotopic (exact) mass is 293 g/mol. The number of carboxylic acids is 1. The van der Waals surface area contributed by atoms with Crippen molar-refractivity contribution in [2.24, 2.45) is 5.92 Å². The van der Waals surface area contributed by atoms with Gasteiger partial charge in [-0.25, -0.2) is 0 Å². The summed E-state index contributed by atoms with van der Waals surface area (Å²) in [6.45, 7) is 1.71. The van der Waals surface area contributed by atoms with E-state index in [0.717, 1.165) is 12.8 Å². The molecule has 1 aromatic rings. The van der Waals surface area contributed by atoms with Gasteiger partial charge in [-0.1, -0.05) is 0 Å². The van der Waals surface area contributed by atoms with E-state index < -0.39 is 5.97 Å². The summed E-state index contributed by atoms with van der Waals surface area (Å²) in [6, 6.07) is 1.50. The highest BCUT2D eigenvalue weighted by atomic mass is 16.4. The zero-order chi connectivity index (χ0) is 15.2. The van der Waals surface area contributed by atoms with Gasteiger partial charge in [0, 0.05) is 25.8 Å². The Kier molecular flexibility index (Phi) is 5.10. The molecule has 1 aromatic heterocycles. The van der Waals surface area contributed by atoms with E-state index in [1.165, 1.54) is 18.5 Å². The Balaban J connectivity index is 1.93. The van der Waals surface area contributed by atoms with Crippen LogP contribution in [0.3, 0.4) is 0 Å². The third kappa shape index (κ3) is 4.16. The van der Waals surface area contributed by atoms with Crippen LogP contribution in [0.15, 0.2) is 18.5 Å². The Morgan fingerprint density at radius 2 is 2.29 bits per heavy atom. The van der Waals surface area contributed by atoms with Gasteiger partial charge in [0.05, 0.1) is 18.3 Å². The first-order valence-corrected chi connectivity index (χ1v) is 6.92. The van der Waals surface area contributed by atoms with Crippen molar-refractivity contribution < 1.29 is 19.8 Å². The van der Waals surface area contributed by atoms with Crippen molar-refractivity contribution in [1.29, 1.82) is 0 Å². The molecule has 1 aliphatic rings. The molecule has 1 amide bonds. The van der Waals surface area contributed by atoms with Crippen molar-refractivity contribution in [1.82, 2.24) is 15.2 Å². The lowest BCUT2D eigenvalue weighted by atomic mass is 9.97. The Morgan fingerprint density at radius 3 is 3.00 bits per heavy atom. The molecule has 2 rings (SSSR count). The number of hydrogen-bond donors (Lipinski definition) is 3. The fourth-order valence-electron chi connectivity index (χ4n) is 2.54. The van der Waals surface area contributed by atoms with Gasteiger partial charge in [-0.05, 0) is 24.8 Å². The number of carbonyl (C=O) groups excluding carboxylic acids is 1. The number of aromatic hydroxyl groups is 1. The largest absolute Gasteiger partial charge is 0.505 e. The molecule has 7 heteroatoms. The predicted molar refractivity (Wildman–Crippen MR) is 75.0 cm³/mol. The number of piperidine rings is 1. The minimum absolute atomic E-state index is 0.0738. The molecule has 0 aliphatic carbocycles. The topological polar surface area (TPSA) is 103 Å². The van der Waals surface area contributed by atoms with Gasteiger partial charge in [-0.2, -0.15) is 0 Å². The second-order valence-corrected chi connectivity index (χ2v) is 5.18. The van der Waals surface area contributed by atoms with Gasteiger partial charge < -0.3 is 20.4 Å². The highest BCUT2D eigenvalue weighted by molar-refractivity contribution is 5.96. The molecule has 1 aliphatic heterocycles. The average Bonchev–Trinajstić information content (AvgIpc) is 2.47. The van der Waals surface area contributed by atoms with Crippen LogP contribution in [0.5, 0.6) is 5.75 Å². The molecular weight excluding hydrogens is 274 g/mol. The number of aliphatic carboxylic acids is 1. The van der Waals surface area contributed by atoms with E-state index in [2.05, 4.69) is 10.3 Å². The fraction of sp³-hybridized carbons (Fsp3) is 0.500. The predicted octanol–water partition coefficient (Wildman–Crippen LogP) is 0.314. The number of likely N-dealkylation sites (tertiary alicyclic amines) is 1. The van der Waals surface area contributed by atoms with Gasteiger partial charge in [0.15, 0.2) is 0 Å². The molecule has 0 aromatic carbocycles. The zero-order valence-corrected chi connectivity index (χ0v) is 11.7. The summed E-state index contributed by atoms with van der Waals surface area (Å²) >= 11 is 0. The minimum Gasteiger partial charge on any atom is -0.505 e. The quantitative estimate of drug-likeness (QED) is 0.722. The second kappa shape index (κ2) is 7.03. The third-order valence-corrected chi connectivity index (χ3v) is 3.55. The molecular formula is C14H19N3O4. The molecule has 1 saturated heterocycles. The second-order valence-electron chi connectivity index (χ2n) is 5.18. The molecule has 0 bridgehead atoms. The van der Waals surface area contributed by atoms with Gasteiger partial charge in [-0.15, -0.1) is 0 Å². The average molecular weight is 293 g/mol.